The van der Waals surface area contributed by atoms with E-state index in [1.165, 1.54) is 22.3 Å². The van der Waals surface area contributed by atoms with E-state index in [9.17, 15) is 0 Å². The summed E-state index contributed by atoms with van der Waals surface area (Å²) in [4.78, 5) is 0. The van der Waals surface area contributed by atoms with Crippen molar-refractivity contribution < 1.29 is 4.74 Å². The molecule has 2 aromatic carbocycles. The first-order valence-electron chi connectivity index (χ1n) is 7.41. The highest BCUT2D eigenvalue weighted by molar-refractivity contribution is 5.78. The van der Waals surface area contributed by atoms with Crippen molar-refractivity contribution in [1.82, 2.24) is 0 Å². The molecule has 2 aliphatic rings. The van der Waals surface area contributed by atoms with Crippen molar-refractivity contribution >= 4 is 5.57 Å². The molecule has 0 fully saturated rings. The van der Waals surface area contributed by atoms with Crippen LogP contribution in [0.15, 0.2) is 66.8 Å². The predicted octanol–water partition coefficient (Wildman–Crippen LogP) is 4.67. The van der Waals surface area contributed by atoms with Gasteiger partial charge in [0.2, 0.25) is 0 Å². The molecule has 0 N–H and O–H groups in total. The van der Waals surface area contributed by atoms with Crippen LogP contribution in [0.25, 0.3) is 5.57 Å². The quantitative estimate of drug-likeness (QED) is 0.734. The molecule has 104 valence electrons. The minimum atomic E-state index is -0.0821. The molecule has 0 spiro atoms. The maximum Gasteiger partial charge on any atom is 0.130 e. The second-order valence-electron chi connectivity index (χ2n) is 6.15. The number of aryl methyl sites for hydroxylation is 1. The van der Waals surface area contributed by atoms with E-state index in [0.717, 1.165) is 5.75 Å². The third kappa shape index (κ3) is 1.84. The summed E-state index contributed by atoms with van der Waals surface area (Å²) in [5.41, 5.74) is 5.02. The molecule has 1 heteroatoms. The molecular weight excluding hydrogens is 256 g/mol. The lowest BCUT2D eigenvalue weighted by atomic mass is 9.74. The highest BCUT2D eigenvalue weighted by Crippen LogP contribution is 2.48. The zero-order chi connectivity index (χ0) is 14.4. The van der Waals surface area contributed by atoms with Crippen molar-refractivity contribution in [2.45, 2.75) is 25.4 Å². The maximum atomic E-state index is 6.12. The molecule has 0 saturated heterocycles. The van der Waals surface area contributed by atoms with Crippen LogP contribution in [0.5, 0.6) is 5.75 Å². The monoisotopic (exact) mass is 274 g/mol. The van der Waals surface area contributed by atoms with Crippen LogP contribution in [-0.4, -0.2) is 6.10 Å². The van der Waals surface area contributed by atoms with Gasteiger partial charge in [0.05, 0.1) is 5.41 Å². The van der Waals surface area contributed by atoms with Crippen LogP contribution in [0.2, 0.25) is 0 Å². The molecule has 4 rings (SSSR count). The first-order chi connectivity index (χ1) is 10.2. The van der Waals surface area contributed by atoms with Crippen LogP contribution in [0, 0.1) is 6.92 Å². The topological polar surface area (TPSA) is 9.23 Å². The molecule has 0 aromatic heterocycles. The Morgan fingerprint density at radius 1 is 1.05 bits per heavy atom. The van der Waals surface area contributed by atoms with Gasteiger partial charge in [0.15, 0.2) is 0 Å². The van der Waals surface area contributed by atoms with E-state index in [2.05, 4.69) is 80.6 Å². The molecule has 2 aromatic rings. The summed E-state index contributed by atoms with van der Waals surface area (Å²) in [5, 5.41) is 0. The third-order valence-electron chi connectivity index (χ3n) is 4.57. The fourth-order valence-corrected chi connectivity index (χ4v) is 3.35. The Bertz CT molecular complexity index is 755. The van der Waals surface area contributed by atoms with Gasteiger partial charge in [-0.25, -0.2) is 0 Å². The van der Waals surface area contributed by atoms with Gasteiger partial charge >= 0.3 is 0 Å². The van der Waals surface area contributed by atoms with E-state index < -0.39 is 0 Å². The lowest BCUT2D eigenvalue weighted by Gasteiger charge is -2.29. The Kier molecular flexibility index (Phi) is 2.58. The average Bonchev–Trinajstić information content (AvgIpc) is 2.80. The van der Waals surface area contributed by atoms with Crippen molar-refractivity contribution in [1.29, 1.82) is 0 Å². The van der Waals surface area contributed by atoms with Crippen LogP contribution in [0.4, 0.5) is 0 Å². The molecule has 2 unspecified atom stereocenters. The summed E-state index contributed by atoms with van der Waals surface area (Å²) in [6.45, 7) is 4.41. The predicted molar refractivity (Wildman–Crippen MR) is 86.5 cm³/mol. The second kappa shape index (κ2) is 4.36. The maximum absolute atomic E-state index is 6.12. The van der Waals surface area contributed by atoms with E-state index in [0.29, 0.717) is 0 Å². The lowest BCUT2D eigenvalue weighted by Crippen LogP contribution is -2.33. The molecule has 1 nitrogen and oxygen atoms in total. The minimum Gasteiger partial charge on any atom is -0.485 e. The summed E-state index contributed by atoms with van der Waals surface area (Å²) in [6.07, 6.45) is 6.83. The number of benzene rings is 2. The van der Waals surface area contributed by atoms with Gasteiger partial charge in [-0.15, -0.1) is 0 Å². The van der Waals surface area contributed by atoms with E-state index in [-0.39, 0.29) is 11.5 Å². The highest BCUT2D eigenvalue weighted by Gasteiger charge is 2.44. The molecule has 1 heterocycles. The van der Waals surface area contributed by atoms with E-state index in [4.69, 9.17) is 4.74 Å². The van der Waals surface area contributed by atoms with Gasteiger partial charge in [-0.05, 0) is 37.1 Å². The zero-order valence-corrected chi connectivity index (χ0v) is 12.3. The van der Waals surface area contributed by atoms with Crippen LogP contribution >= 0.6 is 0 Å². The Hall–Kier alpha value is -2.28. The summed E-state index contributed by atoms with van der Waals surface area (Å²) >= 11 is 0. The molecule has 0 amide bonds. The largest absolute Gasteiger partial charge is 0.485 e. The van der Waals surface area contributed by atoms with Gasteiger partial charge in [-0.2, -0.15) is 0 Å². The third-order valence-corrected chi connectivity index (χ3v) is 4.57. The molecule has 0 saturated carbocycles. The fraction of sp³-hybridized carbons (Fsp3) is 0.200. The van der Waals surface area contributed by atoms with Crippen LogP contribution < -0.4 is 4.74 Å². The number of ether oxygens (including phenoxy) is 1. The van der Waals surface area contributed by atoms with Crippen LogP contribution in [0.3, 0.4) is 0 Å². The van der Waals surface area contributed by atoms with Gasteiger partial charge in [0.25, 0.3) is 0 Å². The summed E-state index contributed by atoms with van der Waals surface area (Å²) < 4.78 is 6.12. The van der Waals surface area contributed by atoms with Crippen LogP contribution in [0.1, 0.15) is 23.6 Å². The van der Waals surface area contributed by atoms with E-state index in [1.54, 1.807) is 0 Å². The van der Waals surface area contributed by atoms with Crippen molar-refractivity contribution in [3.8, 4) is 5.75 Å². The Labute approximate surface area is 125 Å². The minimum absolute atomic E-state index is 0.0821. The Morgan fingerprint density at radius 2 is 1.86 bits per heavy atom. The number of allylic oxidation sites excluding steroid dienone is 2. The fourth-order valence-electron chi connectivity index (χ4n) is 3.35. The summed E-state index contributed by atoms with van der Waals surface area (Å²) in [6, 6.07) is 17.0. The normalized spacial score (nSPS) is 25.8. The molecule has 2 atom stereocenters. The molecule has 0 radical (unpaired) electrons. The van der Waals surface area contributed by atoms with Crippen molar-refractivity contribution in [2.75, 3.05) is 0 Å². The van der Waals surface area contributed by atoms with Crippen LogP contribution in [-0.2, 0) is 5.41 Å². The highest BCUT2D eigenvalue weighted by atomic mass is 16.5. The van der Waals surface area contributed by atoms with Gasteiger partial charge in [-0.1, -0.05) is 60.2 Å². The Balaban J connectivity index is 1.85. The molecule has 1 aliphatic carbocycles. The van der Waals surface area contributed by atoms with Gasteiger partial charge < -0.3 is 4.74 Å². The smallest absolute Gasteiger partial charge is 0.130 e. The number of hydrogen-bond donors (Lipinski definition) is 0. The van der Waals surface area contributed by atoms with Gasteiger partial charge in [0, 0.05) is 5.56 Å². The summed E-state index contributed by atoms with van der Waals surface area (Å²) in [5.74, 6) is 1.02. The van der Waals surface area contributed by atoms with E-state index >= 15 is 0 Å². The number of fused-ring (bicyclic) bond motifs is 3. The van der Waals surface area contributed by atoms with Crippen molar-refractivity contribution in [3.05, 3.63) is 83.4 Å². The second-order valence-corrected chi connectivity index (χ2v) is 6.15. The molecular formula is C20H18O. The SMILES string of the molecule is Cc1ccc2c(c1)C1(C)C=C(c3ccccc3)C=CC1O2. The van der Waals surface area contributed by atoms with Crippen molar-refractivity contribution in [3.63, 3.8) is 0 Å². The first kappa shape index (κ1) is 12.5. The lowest BCUT2D eigenvalue weighted by molar-refractivity contribution is 0.228. The molecule has 21 heavy (non-hydrogen) atoms. The molecule has 1 aliphatic heterocycles. The first-order valence-corrected chi connectivity index (χ1v) is 7.41. The number of hydrogen-bond acceptors (Lipinski definition) is 1. The number of rotatable bonds is 1. The van der Waals surface area contributed by atoms with Crippen molar-refractivity contribution in [2.24, 2.45) is 0 Å². The zero-order valence-electron chi connectivity index (χ0n) is 12.3. The average molecular weight is 274 g/mol. The summed E-state index contributed by atoms with van der Waals surface area (Å²) in [7, 11) is 0. The van der Waals surface area contributed by atoms with E-state index in [1.807, 2.05) is 0 Å². The van der Waals surface area contributed by atoms with Gasteiger partial charge in [0.1, 0.15) is 11.9 Å². The molecule has 0 bridgehead atoms. The van der Waals surface area contributed by atoms with Gasteiger partial charge in [-0.3, -0.25) is 0 Å². The standard InChI is InChI=1S/C20H18O/c1-14-8-10-18-17(12-14)20(2)13-16(9-11-19(20)21-18)15-6-4-3-5-7-15/h3-13,19H,1-2H3. The Morgan fingerprint density at radius 3 is 2.67 bits per heavy atom.